The van der Waals surface area contributed by atoms with Crippen molar-refractivity contribution in [3.63, 3.8) is 0 Å². The van der Waals surface area contributed by atoms with Gasteiger partial charge < -0.3 is 11.5 Å². The van der Waals surface area contributed by atoms with Gasteiger partial charge in [-0.2, -0.15) is 0 Å². The van der Waals surface area contributed by atoms with Crippen molar-refractivity contribution in [1.82, 2.24) is 0 Å². The normalized spacial score (nSPS) is 21.4. The second kappa shape index (κ2) is 2.54. The topological polar surface area (TPSA) is 69.1 Å². The second-order valence-corrected chi connectivity index (χ2v) is 2.37. The molecule has 0 aliphatic heterocycles. The fourth-order valence-corrected chi connectivity index (χ4v) is 0.804. The Hall–Kier alpha value is -0.280. The van der Waals surface area contributed by atoms with Crippen LogP contribution in [0.1, 0.15) is 19.3 Å². The third-order valence-electron chi connectivity index (χ3n) is 1.74. The maximum absolute atomic E-state index is 10.4. The molecule has 0 heterocycles. The van der Waals surface area contributed by atoms with E-state index in [1.165, 1.54) is 0 Å². The highest BCUT2D eigenvalue weighted by Crippen LogP contribution is 2.27. The van der Waals surface area contributed by atoms with Gasteiger partial charge in [-0.1, -0.05) is 0 Å². The molecule has 1 amide bonds. The highest BCUT2D eigenvalue weighted by atomic mass is 35.5. The van der Waals surface area contributed by atoms with E-state index in [4.69, 9.17) is 11.5 Å². The Balaban J connectivity index is 0.000000640. The minimum atomic E-state index is -0.639. The lowest BCUT2D eigenvalue weighted by atomic mass is 9.77. The number of rotatable bonds is 1. The number of amides is 1. The van der Waals surface area contributed by atoms with Crippen LogP contribution in [0.4, 0.5) is 0 Å². The summed E-state index contributed by atoms with van der Waals surface area (Å²) in [6.45, 7) is 0. The van der Waals surface area contributed by atoms with E-state index in [1.807, 2.05) is 0 Å². The maximum atomic E-state index is 10.4. The van der Waals surface area contributed by atoms with E-state index in [-0.39, 0.29) is 18.3 Å². The van der Waals surface area contributed by atoms with Gasteiger partial charge in [-0.25, -0.2) is 0 Å². The molecule has 4 N–H and O–H groups in total. The Labute approximate surface area is 60.2 Å². The fraction of sp³-hybridized carbons (Fsp3) is 0.800. The Morgan fingerprint density at radius 2 is 1.89 bits per heavy atom. The van der Waals surface area contributed by atoms with Crippen molar-refractivity contribution in [1.29, 1.82) is 0 Å². The Kier molecular flexibility index (Phi) is 2.46. The molecule has 0 bridgehead atoms. The van der Waals surface area contributed by atoms with Gasteiger partial charge in [0.25, 0.3) is 0 Å². The third-order valence-corrected chi connectivity index (χ3v) is 1.74. The van der Waals surface area contributed by atoms with Gasteiger partial charge in [0, 0.05) is 0 Å². The van der Waals surface area contributed by atoms with Gasteiger partial charge in [-0.3, -0.25) is 4.79 Å². The molecule has 1 aliphatic rings. The molecule has 0 saturated heterocycles. The maximum Gasteiger partial charge on any atom is 0.237 e. The highest BCUT2D eigenvalue weighted by Gasteiger charge is 2.38. The number of carbonyl (C=O) groups excluding carboxylic acids is 1. The van der Waals surface area contributed by atoms with Gasteiger partial charge in [0.05, 0.1) is 5.54 Å². The van der Waals surface area contributed by atoms with Gasteiger partial charge in [0.15, 0.2) is 0 Å². The average Bonchev–Trinajstić information content (AvgIpc) is 1.60. The van der Waals surface area contributed by atoms with Crippen molar-refractivity contribution < 1.29 is 4.79 Å². The van der Waals surface area contributed by atoms with Crippen LogP contribution in [0.25, 0.3) is 0 Å². The summed E-state index contributed by atoms with van der Waals surface area (Å²) in [6, 6.07) is 0. The quantitative estimate of drug-likeness (QED) is 0.543. The molecule has 0 unspecified atom stereocenters. The van der Waals surface area contributed by atoms with E-state index in [0.717, 1.165) is 19.3 Å². The van der Waals surface area contributed by atoms with Crippen LogP contribution >= 0.6 is 12.4 Å². The van der Waals surface area contributed by atoms with Crippen LogP contribution in [0.3, 0.4) is 0 Å². The zero-order valence-electron chi connectivity index (χ0n) is 5.09. The molecule has 1 aliphatic carbocycles. The molecule has 1 saturated carbocycles. The predicted octanol–water partition coefficient (Wildman–Crippen LogP) is -0.225. The minimum Gasteiger partial charge on any atom is -0.368 e. The molecule has 0 aromatic heterocycles. The van der Waals surface area contributed by atoms with E-state index in [1.54, 1.807) is 0 Å². The van der Waals surface area contributed by atoms with Gasteiger partial charge in [-0.05, 0) is 19.3 Å². The second-order valence-electron chi connectivity index (χ2n) is 2.37. The number of hydrogen-bond acceptors (Lipinski definition) is 2. The summed E-state index contributed by atoms with van der Waals surface area (Å²) >= 11 is 0. The predicted molar refractivity (Wildman–Crippen MR) is 37.2 cm³/mol. The van der Waals surface area contributed by atoms with Crippen molar-refractivity contribution in [3.05, 3.63) is 0 Å². The van der Waals surface area contributed by atoms with Crippen molar-refractivity contribution in [3.8, 4) is 0 Å². The van der Waals surface area contributed by atoms with E-state index in [0.29, 0.717) is 0 Å². The van der Waals surface area contributed by atoms with Crippen LogP contribution in [-0.4, -0.2) is 11.4 Å². The summed E-state index contributed by atoms with van der Waals surface area (Å²) in [5.41, 5.74) is 9.80. The zero-order chi connectivity index (χ0) is 6.20. The van der Waals surface area contributed by atoms with Crippen molar-refractivity contribution in [2.45, 2.75) is 24.8 Å². The first-order valence-corrected chi connectivity index (χ1v) is 2.74. The lowest BCUT2D eigenvalue weighted by molar-refractivity contribution is -0.125. The van der Waals surface area contributed by atoms with Gasteiger partial charge in [0.1, 0.15) is 0 Å². The minimum absolute atomic E-state index is 0. The Bertz CT molecular complexity index is 122. The standard InChI is InChI=1S/C5H10N2O.ClH/c6-4(8)5(7)2-1-3-5;/h1-3,7H2,(H2,6,8);1H. The van der Waals surface area contributed by atoms with Crippen LogP contribution in [-0.2, 0) is 4.79 Å². The summed E-state index contributed by atoms with van der Waals surface area (Å²) in [7, 11) is 0. The van der Waals surface area contributed by atoms with Gasteiger partial charge in [-0.15, -0.1) is 12.4 Å². The molecular formula is C5H11ClN2O. The summed E-state index contributed by atoms with van der Waals surface area (Å²) in [5.74, 6) is -0.358. The number of nitrogens with two attached hydrogens (primary N) is 2. The van der Waals surface area contributed by atoms with E-state index in [2.05, 4.69) is 0 Å². The number of hydrogen-bond donors (Lipinski definition) is 2. The average molecular weight is 151 g/mol. The number of halogens is 1. The van der Waals surface area contributed by atoms with E-state index >= 15 is 0 Å². The third kappa shape index (κ3) is 1.34. The molecule has 0 aromatic rings. The van der Waals surface area contributed by atoms with E-state index < -0.39 is 5.54 Å². The Morgan fingerprint density at radius 1 is 1.44 bits per heavy atom. The number of primary amides is 1. The van der Waals surface area contributed by atoms with Gasteiger partial charge in [0.2, 0.25) is 5.91 Å². The van der Waals surface area contributed by atoms with Crippen LogP contribution in [0.5, 0.6) is 0 Å². The molecular weight excluding hydrogens is 140 g/mol. The van der Waals surface area contributed by atoms with Gasteiger partial charge >= 0.3 is 0 Å². The molecule has 1 rings (SSSR count). The molecule has 1 fully saturated rings. The SMILES string of the molecule is Cl.NC(=O)C1(N)CCC1. The molecule has 0 spiro atoms. The molecule has 0 aromatic carbocycles. The summed E-state index contributed by atoms with van der Waals surface area (Å²) in [4.78, 5) is 10.4. The fourth-order valence-electron chi connectivity index (χ4n) is 0.804. The van der Waals surface area contributed by atoms with Crippen molar-refractivity contribution >= 4 is 18.3 Å². The summed E-state index contributed by atoms with van der Waals surface area (Å²) in [6.07, 6.45) is 2.57. The smallest absolute Gasteiger partial charge is 0.237 e. The molecule has 9 heavy (non-hydrogen) atoms. The molecule has 54 valence electrons. The molecule has 0 atom stereocenters. The lowest BCUT2D eigenvalue weighted by Crippen LogP contribution is -2.56. The first-order valence-electron chi connectivity index (χ1n) is 2.74. The van der Waals surface area contributed by atoms with Crippen molar-refractivity contribution in [2.75, 3.05) is 0 Å². The first kappa shape index (κ1) is 8.72. The molecule has 3 nitrogen and oxygen atoms in total. The Morgan fingerprint density at radius 3 is 1.89 bits per heavy atom. The largest absolute Gasteiger partial charge is 0.368 e. The number of carbonyl (C=O) groups is 1. The summed E-state index contributed by atoms with van der Waals surface area (Å²) in [5, 5.41) is 0. The highest BCUT2D eigenvalue weighted by molar-refractivity contribution is 5.85. The van der Waals surface area contributed by atoms with Crippen LogP contribution in [0, 0.1) is 0 Å². The molecule has 4 heteroatoms. The zero-order valence-corrected chi connectivity index (χ0v) is 5.91. The molecule has 0 radical (unpaired) electrons. The lowest BCUT2D eigenvalue weighted by Gasteiger charge is -2.34. The van der Waals surface area contributed by atoms with Crippen LogP contribution in [0.15, 0.2) is 0 Å². The monoisotopic (exact) mass is 150 g/mol. The van der Waals surface area contributed by atoms with Crippen LogP contribution in [0.2, 0.25) is 0 Å². The first-order chi connectivity index (χ1) is 3.65. The van der Waals surface area contributed by atoms with E-state index in [9.17, 15) is 4.79 Å². The van der Waals surface area contributed by atoms with Crippen molar-refractivity contribution in [2.24, 2.45) is 11.5 Å². The van der Waals surface area contributed by atoms with Crippen LogP contribution < -0.4 is 11.5 Å². The summed E-state index contributed by atoms with van der Waals surface area (Å²) < 4.78 is 0.